The Morgan fingerprint density at radius 3 is 2.39 bits per heavy atom. The largest absolute Gasteiger partial charge is 0.297 e. The highest BCUT2D eigenvalue weighted by molar-refractivity contribution is 7.99. The summed E-state index contributed by atoms with van der Waals surface area (Å²) in [5, 5.41) is 0. The summed E-state index contributed by atoms with van der Waals surface area (Å²) in [6.45, 7) is 7.36. The number of ketones is 1. The van der Waals surface area contributed by atoms with Crippen LogP contribution in [-0.4, -0.2) is 35.3 Å². The lowest BCUT2D eigenvalue weighted by atomic mass is 9.97. The van der Waals surface area contributed by atoms with Crippen molar-refractivity contribution in [2.45, 2.75) is 20.4 Å². The van der Waals surface area contributed by atoms with E-state index in [1.54, 1.807) is 0 Å². The van der Waals surface area contributed by atoms with Crippen LogP contribution in [0.2, 0.25) is 0 Å². The third-order valence-corrected chi connectivity index (χ3v) is 5.30. The average molecular weight is 325 g/mol. The summed E-state index contributed by atoms with van der Waals surface area (Å²) in [4.78, 5) is 15.2. The summed E-state index contributed by atoms with van der Waals surface area (Å²) < 4.78 is 0. The summed E-state index contributed by atoms with van der Waals surface area (Å²) >= 11 is 2.03. The first-order valence-corrected chi connectivity index (χ1v) is 9.30. The predicted octanol–water partition coefficient (Wildman–Crippen LogP) is 4.08. The number of nitrogens with zero attached hydrogens (tertiary/aromatic N) is 1. The number of thioether (sulfide) groups is 1. The summed E-state index contributed by atoms with van der Waals surface area (Å²) in [7, 11) is 0. The van der Waals surface area contributed by atoms with E-state index >= 15 is 0 Å². The molecule has 0 bridgehead atoms. The van der Waals surface area contributed by atoms with Gasteiger partial charge in [0, 0.05) is 42.3 Å². The lowest BCUT2D eigenvalue weighted by Crippen LogP contribution is -2.31. The highest BCUT2D eigenvalue weighted by atomic mass is 32.2. The summed E-state index contributed by atoms with van der Waals surface area (Å²) in [5.41, 5.74) is 5.10. The molecule has 0 unspecified atom stereocenters. The zero-order valence-corrected chi connectivity index (χ0v) is 14.7. The van der Waals surface area contributed by atoms with Gasteiger partial charge in [0.1, 0.15) is 0 Å². The van der Waals surface area contributed by atoms with Crippen LogP contribution in [0.15, 0.2) is 42.5 Å². The van der Waals surface area contributed by atoms with Gasteiger partial charge in [-0.1, -0.05) is 48.0 Å². The molecule has 1 saturated heterocycles. The van der Waals surface area contributed by atoms with Crippen molar-refractivity contribution in [1.82, 2.24) is 4.90 Å². The van der Waals surface area contributed by atoms with Gasteiger partial charge in [0.05, 0.1) is 0 Å². The Kier molecular flexibility index (Phi) is 5.19. The molecule has 0 radical (unpaired) electrons. The van der Waals surface area contributed by atoms with Crippen LogP contribution >= 0.6 is 11.8 Å². The Morgan fingerprint density at radius 1 is 1.04 bits per heavy atom. The van der Waals surface area contributed by atoms with Gasteiger partial charge in [-0.2, -0.15) is 11.8 Å². The topological polar surface area (TPSA) is 20.3 Å². The fraction of sp³-hybridized carbons (Fsp3) is 0.350. The van der Waals surface area contributed by atoms with Gasteiger partial charge in [-0.3, -0.25) is 9.69 Å². The smallest absolute Gasteiger partial charge is 0.193 e. The minimum absolute atomic E-state index is 0.114. The standard InChI is InChI=1S/C20H23NOS/c1-15-3-8-19(16(2)13-15)20(22)18-6-4-17(5-7-18)14-21-9-11-23-12-10-21/h3-8,13H,9-12,14H2,1-2H3. The fourth-order valence-electron chi connectivity index (χ4n) is 3.00. The van der Waals surface area contributed by atoms with Crippen LogP contribution in [0.5, 0.6) is 0 Å². The van der Waals surface area contributed by atoms with Crippen molar-refractivity contribution < 1.29 is 4.79 Å². The lowest BCUT2D eigenvalue weighted by molar-refractivity contribution is 0.103. The molecule has 1 aliphatic heterocycles. The van der Waals surface area contributed by atoms with Gasteiger partial charge in [-0.05, 0) is 25.0 Å². The average Bonchev–Trinajstić information content (AvgIpc) is 2.56. The number of carbonyl (C=O) groups is 1. The fourth-order valence-corrected chi connectivity index (χ4v) is 3.98. The molecule has 3 heteroatoms. The molecule has 3 rings (SSSR count). The molecule has 23 heavy (non-hydrogen) atoms. The predicted molar refractivity (Wildman–Crippen MR) is 98.4 cm³/mol. The van der Waals surface area contributed by atoms with Crippen molar-refractivity contribution in [3.63, 3.8) is 0 Å². The highest BCUT2D eigenvalue weighted by Gasteiger charge is 2.13. The Morgan fingerprint density at radius 2 is 1.74 bits per heavy atom. The third-order valence-electron chi connectivity index (χ3n) is 4.35. The zero-order valence-electron chi connectivity index (χ0n) is 13.8. The van der Waals surface area contributed by atoms with Crippen LogP contribution in [0.1, 0.15) is 32.6 Å². The first kappa shape index (κ1) is 16.3. The number of rotatable bonds is 4. The maximum atomic E-state index is 12.7. The second-order valence-corrected chi connectivity index (χ2v) is 7.46. The van der Waals surface area contributed by atoms with E-state index in [-0.39, 0.29) is 5.78 Å². The number of benzene rings is 2. The molecule has 0 aromatic heterocycles. The van der Waals surface area contributed by atoms with Crippen LogP contribution in [0, 0.1) is 13.8 Å². The summed E-state index contributed by atoms with van der Waals surface area (Å²) in [5.74, 6) is 2.57. The van der Waals surface area contributed by atoms with Crippen LogP contribution in [0.3, 0.4) is 0 Å². The molecule has 1 heterocycles. The Balaban J connectivity index is 1.72. The third kappa shape index (κ3) is 4.04. The summed E-state index contributed by atoms with van der Waals surface area (Å²) in [6.07, 6.45) is 0. The molecule has 0 saturated carbocycles. The molecule has 0 atom stereocenters. The maximum Gasteiger partial charge on any atom is 0.193 e. The number of hydrogen-bond donors (Lipinski definition) is 0. The molecule has 120 valence electrons. The molecule has 2 nitrogen and oxygen atoms in total. The van der Waals surface area contributed by atoms with Crippen LogP contribution in [0.25, 0.3) is 0 Å². The monoisotopic (exact) mass is 325 g/mol. The van der Waals surface area contributed by atoms with E-state index in [1.165, 1.54) is 22.6 Å². The quantitative estimate of drug-likeness (QED) is 0.790. The molecule has 0 spiro atoms. The van der Waals surface area contributed by atoms with E-state index < -0.39 is 0 Å². The second kappa shape index (κ2) is 7.33. The molecule has 2 aromatic carbocycles. The van der Waals surface area contributed by atoms with Crippen LogP contribution in [0.4, 0.5) is 0 Å². The molecule has 0 N–H and O–H groups in total. The first-order valence-electron chi connectivity index (χ1n) is 8.14. The molecule has 1 aliphatic rings. The van der Waals surface area contributed by atoms with Gasteiger partial charge in [0.2, 0.25) is 0 Å². The molecular weight excluding hydrogens is 302 g/mol. The number of hydrogen-bond acceptors (Lipinski definition) is 3. The van der Waals surface area contributed by atoms with Crippen molar-refractivity contribution in [3.05, 3.63) is 70.3 Å². The van der Waals surface area contributed by atoms with E-state index in [0.717, 1.165) is 36.3 Å². The lowest BCUT2D eigenvalue weighted by Gasteiger charge is -2.26. The molecule has 1 fully saturated rings. The van der Waals surface area contributed by atoms with Crippen LogP contribution in [-0.2, 0) is 6.54 Å². The Bertz CT molecular complexity index is 687. The maximum absolute atomic E-state index is 12.7. The van der Waals surface area contributed by atoms with Crippen molar-refractivity contribution in [2.75, 3.05) is 24.6 Å². The number of aryl methyl sites for hydroxylation is 2. The Hall–Kier alpha value is -1.58. The molecular formula is C20H23NOS. The van der Waals surface area contributed by atoms with Gasteiger partial charge >= 0.3 is 0 Å². The van der Waals surface area contributed by atoms with Gasteiger partial charge in [0.25, 0.3) is 0 Å². The van der Waals surface area contributed by atoms with Crippen LogP contribution < -0.4 is 0 Å². The number of carbonyl (C=O) groups excluding carboxylic acids is 1. The Labute approximate surface area is 142 Å². The van der Waals surface area contributed by atoms with Gasteiger partial charge in [-0.15, -0.1) is 0 Å². The van der Waals surface area contributed by atoms with E-state index in [2.05, 4.69) is 30.0 Å². The van der Waals surface area contributed by atoms with E-state index in [0.29, 0.717) is 0 Å². The minimum atomic E-state index is 0.114. The minimum Gasteiger partial charge on any atom is -0.297 e. The summed E-state index contributed by atoms with van der Waals surface area (Å²) in [6, 6.07) is 14.1. The first-order chi connectivity index (χ1) is 11.1. The van der Waals surface area contributed by atoms with Gasteiger partial charge in [-0.25, -0.2) is 0 Å². The van der Waals surface area contributed by atoms with E-state index in [1.807, 2.05) is 43.0 Å². The van der Waals surface area contributed by atoms with E-state index in [9.17, 15) is 4.79 Å². The van der Waals surface area contributed by atoms with Gasteiger partial charge in [0.15, 0.2) is 5.78 Å². The van der Waals surface area contributed by atoms with Crippen molar-refractivity contribution in [3.8, 4) is 0 Å². The van der Waals surface area contributed by atoms with Crippen molar-refractivity contribution in [1.29, 1.82) is 0 Å². The van der Waals surface area contributed by atoms with Crippen molar-refractivity contribution in [2.24, 2.45) is 0 Å². The molecule has 0 aliphatic carbocycles. The highest BCUT2D eigenvalue weighted by Crippen LogP contribution is 2.18. The van der Waals surface area contributed by atoms with E-state index in [4.69, 9.17) is 0 Å². The van der Waals surface area contributed by atoms with Gasteiger partial charge < -0.3 is 0 Å². The zero-order chi connectivity index (χ0) is 16.2. The normalized spacial score (nSPS) is 15.6. The SMILES string of the molecule is Cc1ccc(C(=O)c2ccc(CN3CCSCC3)cc2)c(C)c1. The van der Waals surface area contributed by atoms with Crippen molar-refractivity contribution >= 4 is 17.5 Å². The molecule has 0 amide bonds. The second-order valence-electron chi connectivity index (χ2n) is 6.23. The molecule has 2 aromatic rings.